The first-order valence-electron chi connectivity index (χ1n) is 6.76. The van der Waals surface area contributed by atoms with Gasteiger partial charge < -0.3 is 11.1 Å². The van der Waals surface area contributed by atoms with Gasteiger partial charge in [0.25, 0.3) is 0 Å². The highest BCUT2D eigenvalue weighted by molar-refractivity contribution is 6.01. The van der Waals surface area contributed by atoms with Gasteiger partial charge in [-0.25, -0.2) is 0 Å². The summed E-state index contributed by atoms with van der Waals surface area (Å²) in [5.74, 6) is 0. The molecule has 3 heteroatoms. The molecule has 0 bridgehead atoms. The summed E-state index contributed by atoms with van der Waals surface area (Å²) in [4.78, 5) is 4.14. The monoisotopic (exact) mass is 263 g/mol. The minimum Gasteiger partial charge on any atom is -0.398 e. The molecule has 2 aromatic carbocycles. The summed E-state index contributed by atoms with van der Waals surface area (Å²) in [5, 5.41) is 5.53. The van der Waals surface area contributed by atoms with E-state index in [1.54, 1.807) is 12.4 Å². The van der Waals surface area contributed by atoms with E-state index in [-0.39, 0.29) is 0 Å². The molecule has 3 aromatic rings. The number of nitrogens with two attached hydrogens (primary N) is 1. The maximum Gasteiger partial charge on any atom is 0.0466 e. The molecule has 0 aliphatic heterocycles. The van der Waals surface area contributed by atoms with Crippen molar-refractivity contribution in [2.75, 3.05) is 11.1 Å². The molecule has 0 aliphatic rings. The molecule has 20 heavy (non-hydrogen) atoms. The number of aromatic nitrogens is 1. The Morgan fingerprint density at radius 2 is 2.00 bits per heavy atom. The highest BCUT2D eigenvalue weighted by atomic mass is 14.9. The van der Waals surface area contributed by atoms with Crippen LogP contribution in [-0.2, 0) is 6.42 Å². The molecule has 3 nitrogen and oxygen atoms in total. The van der Waals surface area contributed by atoms with Gasteiger partial charge in [-0.05, 0) is 42.3 Å². The Labute approximate surface area is 118 Å². The number of fused-ring (bicyclic) bond motifs is 1. The van der Waals surface area contributed by atoms with Crippen molar-refractivity contribution in [3.05, 3.63) is 60.4 Å². The molecule has 1 heterocycles. The first-order chi connectivity index (χ1) is 9.78. The Morgan fingerprint density at radius 3 is 2.85 bits per heavy atom. The second-order valence-electron chi connectivity index (χ2n) is 4.80. The lowest BCUT2D eigenvalue weighted by Gasteiger charge is -2.12. The smallest absolute Gasteiger partial charge is 0.0466 e. The van der Waals surface area contributed by atoms with Gasteiger partial charge in [0.05, 0.1) is 0 Å². The average Bonchev–Trinajstić information content (AvgIpc) is 2.51. The Kier molecular flexibility index (Phi) is 3.25. The van der Waals surface area contributed by atoms with Crippen molar-refractivity contribution < 1.29 is 0 Å². The zero-order valence-electron chi connectivity index (χ0n) is 11.4. The summed E-state index contributed by atoms with van der Waals surface area (Å²) in [5.41, 5.74) is 10.2. The quantitative estimate of drug-likeness (QED) is 0.699. The van der Waals surface area contributed by atoms with E-state index in [1.165, 1.54) is 5.56 Å². The predicted octanol–water partition coefficient (Wildman–Crippen LogP) is 4.12. The van der Waals surface area contributed by atoms with E-state index in [1.807, 2.05) is 18.2 Å². The second kappa shape index (κ2) is 5.21. The summed E-state index contributed by atoms with van der Waals surface area (Å²) >= 11 is 0. The minimum absolute atomic E-state index is 0.751. The highest BCUT2D eigenvalue weighted by Gasteiger charge is 2.04. The van der Waals surface area contributed by atoms with Gasteiger partial charge in [-0.15, -0.1) is 0 Å². The van der Waals surface area contributed by atoms with Crippen molar-refractivity contribution in [2.24, 2.45) is 0 Å². The SMILES string of the molecule is CCc1cccc(Nc2ccc(N)c3cnccc23)c1. The molecule has 100 valence electrons. The number of nitrogens with one attached hydrogen (secondary N) is 1. The van der Waals surface area contributed by atoms with Gasteiger partial charge in [0.1, 0.15) is 0 Å². The van der Waals surface area contributed by atoms with Gasteiger partial charge in [0, 0.05) is 40.2 Å². The van der Waals surface area contributed by atoms with Crippen LogP contribution in [-0.4, -0.2) is 4.98 Å². The van der Waals surface area contributed by atoms with E-state index in [4.69, 9.17) is 5.73 Å². The zero-order chi connectivity index (χ0) is 13.9. The van der Waals surface area contributed by atoms with Crippen LogP contribution in [0.4, 0.5) is 17.1 Å². The largest absolute Gasteiger partial charge is 0.398 e. The number of rotatable bonds is 3. The van der Waals surface area contributed by atoms with Crippen LogP contribution >= 0.6 is 0 Å². The van der Waals surface area contributed by atoms with Crippen LogP contribution in [0, 0.1) is 0 Å². The normalized spacial score (nSPS) is 10.7. The van der Waals surface area contributed by atoms with Gasteiger partial charge in [-0.2, -0.15) is 0 Å². The third kappa shape index (κ3) is 2.30. The van der Waals surface area contributed by atoms with E-state index in [2.05, 4.69) is 41.5 Å². The third-order valence-corrected chi connectivity index (χ3v) is 3.47. The summed E-state index contributed by atoms with van der Waals surface area (Å²) in [7, 11) is 0. The highest BCUT2D eigenvalue weighted by Crippen LogP contribution is 2.29. The fourth-order valence-electron chi connectivity index (χ4n) is 2.35. The van der Waals surface area contributed by atoms with Gasteiger partial charge in [0.2, 0.25) is 0 Å². The topological polar surface area (TPSA) is 50.9 Å². The summed E-state index contributed by atoms with van der Waals surface area (Å²) < 4.78 is 0. The standard InChI is InChI=1S/C17H17N3/c1-2-12-4-3-5-13(10-12)20-17-7-6-16(18)15-11-19-9-8-14(15)17/h3-11,20H,2,18H2,1H3. The van der Waals surface area contributed by atoms with Crippen molar-refractivity contribution in [3.63, 3.8) is 0 Å². The minimum atomic E-state index is 0.751. The molecular formula is C17H17N3. The number of anilines is 3. The third-order valence-electron chi connectivity index (χ3n) is 3.47. The molecule has 0 amide bonds. The van der Waals surface area contributed by atoms with Gasteiger partial charge in [-0.1, -0.05) is 19.1 Å². The van der Waals surface area contributed by atoms with Crippen LogP contribution in [0.2, 0.25) is 0 Å². The summed E-state index contributed by atoms with van der Waals surface area (Å²) in [6.07, 6.45) is 4.62. The van der Waals surface area contributed by atoms with Crippen LogP contribution in [0.3, 0.4) is 0 Å². The molecule has 0 atom stereocenters. The Balaban J connectivity index is 2.04. The van der Waals surface area contributed by atoms with Crippen molar-refractivity contribution in [1.29, 1.82) is 0 Å². The number of hydrogen-bond donors (Lipinski definition) is 2. The van der Waals surface area contributed by atoms with Crippen LogP contribution in [0.15, 0.2) is 54.9 Å². The van der Waals surface area contributed by atoms with Crippen molar-refractivity contribution in [3.8, 4) is 0 Å². The molecule has 1 aromatic heterocycles. The molecular weight excluding hydrogens is 246 g/mol. The molecule has 3 rings (SSSR count). The zero-order valence-corrected chi connectivity index (χ0v) is 11.4. The number of benzene rings is 2. The summed E-state index contributed by atoms with van der Waals surface area (Å²) in [6, 6.07) is 14.4. The maximum absolute atomic E-state index is 6.00. The first-order valence-corrected chi connectivity index (χ1v) is 6.76. The van der Waals surface area contributed by atoms with Gasteiger partial charge in [-0.3, -0.25) is 4.98 Å². The van der Waals surface area contributed by atoms with Crippen LogP contribution in [0.5, 0.6) is 0 Å². The van der Waals surface area contributed by atoms with Crippen molar-refractivity contribution in [1.82, 2.24) is 4.98 Å². The molecule has 0 fully saturated rings. The van der Waals surface area contributed by atoms with Crippen molar-refractivity contribution in [2.45, 2.75) is 13.3 Å². The van der Waals surface area contributed by atoms with E-state index >= 15 is 0 Å². The van der Waals surface area contributed by atoms with E-state index < -0.39 is 0 Å². The molecule has 0 saturated heterocycles. The van der Waals surface area contributed by atoms with E-state index in [0.717, 1.165) is 34.3 Å². The van der Waals surface area contributed by atoms with Crippen LogP contribution in [0.25, 0.3) is 10.8 Å². The lowest BCUT2D eigenvalue weighted by molar-refractivity contribution is 1.14. The number of nitrogen functional groups attached to an aromatic ring is 1. The molecule has 0 radical (unpaired) electrons. The van der Waals surface area contributed by atoms with Gasteiger partial charge >= 0.3 is 0 Å². The average molecular weight is 263 g/mol. The number of aryl methyl sites for hydroxylation is 1. The lowest BCUT2D eigenvalue weighted by atomic mass is 10.1. The van der Waals surface area contributed by atoms with Crippen molar-refractivity contribution >= 4 is 27.8 Å². The van der Waals surface area contributed by atoms with Crippen LogP contribution in [0.1, 0.15) is 12.5 Å². The molecule has 0 unspecified atom stereocenters. The molecule has 0 saturated carbocycles. The summed E-state index contributed by atoms with van der Waals surface area (Å²) in [6.45, 7) is 2.16. The predicted molar refractivity (Wildman–Crippen MR) is 85.3 cm³/mol. The number of nitrogens with zero attached hydrogens (tertiary/aromatic N) is 1. The second-order valence-corrected chi connectivity index (χ2v) is 4.80. The molecule has 3 N–H and O–H groups in total. The fourth-order valence-corrected chi connectivity index (χ4v) is 2.35. The fraction of sp³-hybridized carbons (Fsp3) is 0.118. The van der Waals surface area contributed by atoms with E-state index in [0.29, 0.717) is 0 Å². The van der Waals surface area contributed by atoms with E-state index in [9.17, 15) is 0 Å². The first kappa shape index (κ1) is 12.5. The maximum atomic E-state index is 6.00. The lowest BCUT2D eigenvalue weighted by Crippen LogP contribution is -1.95. The Bertz CT molecular complexity index is 750. The molecule has 0 aliphatic carbocycles. The Hall–Kier alpha value is -2.55. The number of hydrogen-bond acceptors (Lipinski definition) is 3. The molecule has 0 spiro atoms. The number of pyridine rings is 1. The Morgan fingerprint density at radius 1 is 1.10 bits per heavy atom. The van der Waals surface area contributed by atoms with Crippen LogP contribution < -0.4 is 11.1 Å². The van der Waals surface area contributed by atoms with Gasteiger partial charge in [0.15, 0.2) is 0 Å².